The van der Waals surface area contributed by atoms with Gasteiger partial charge < -0.3 is 24.8 Å². The first kappa shape index (κ1) is 27.6. The maximum absolute atomic E-state index is 13.0. The maximum atomic E-state index is 13.0. The number of hydrogen-bond donors (Lipinski definition) is 2. The van der Waals surface area contributed by atoms with Gasteiger partial charge in [-0.1, -0.05) is 12.1 Å². The first-order valence-electron chi connectivity index (χ1n) is 13.1. The number of hydrogen-bond acceptors (Lipinski definition) is 8. The highest BCUT2D eigenvalue weighted by molar-refractivity contribution is 5.62. The second kappa shape index (κ2) is 12.9. The van der Waals surface area contributed by atoms with Crippen molar-refractivity contribution >= 4 is 5.82 Å². The van der Waals surface area contributed by atoms with Gasteiger partial charge in [-0.25, -0.2) is 18.7 Å². The van der Waals surface area contributed by atoms with Gasteiger partial charge in [0.05, 0.1) is 6.54 Å². The molecule has 0 aliphatic carbocycles. The molecule has 3 atom stereocenters. The maximum Gasteiger partial charge on any atom is 0.251 e. The highest BCUT2D eigenvalue weighted by Gasteiger charge is 2.29. The number of nitrogens with zero attached hydrogens (tertiary/aromatic N) is 4. The predicted molar refractivity (Wildman–Crippen MR) is 140 cm³/mol. The highest BCUT2D eigenvalue weighted by Crippen LogP contribution is 2.30. The predicted octanol–water partition coefficient (Wildman–Crippen LogP) is 2.77. The number of ether oxygens (including phenoxy) is 2. The van der Waals surface area contributed by atoms with E-state index in [2.05, 4.69) is 17.1 Å². The van der Waals surface area contributed by atoms with Gasteiger partial charge in [0.1, 0.15) is 24.3 Å². The average molecular weight is 520 g/mol. The number of aromatic nitrogens is 2. The molecule has 2 aromatic rings. The Morgan fingerprint density at radius 1 is 1.27 bits per heavy atom. The van der Waals surface area contributed by atoms with Crippen LogP contribution in [0.5, 0.6) is 5.75 Å². The molecule has 37 heavy (non-hydrogen) atoms. The molecule has 1 aromatic heterocycles. The second-order valence-corrected chi connectivity index (χ2v) is 10.1. The summed E-state index contributed by atoms with van der Waals surface area (Å²) < 4.78 is 37.5. The van der Waals surface area contributed by atoms with Crippen molar-refractivity contribution in [3.05, 3.63) is 35.5 Å². The van der Waals surface area contributed by atoms with Gasteiger partial charge in [-0.15, -0.1) is 0 Å². The Balaban J connectivity index is 1.61. The number of alkyl halides is 2. The number of piperazine rings is 1. The quantitative estimate of drug-likeness (QED) is 0.469. The molecule has 1 aromatic carbocycles. The third-order valence-corrected chi connectivity index (χ3v) is 7.14. The van der Waals surface area contributed by atoms with E-state index in [1.807, 2.05) is 36.1 Å². The van der Waals surface area contributed by atoms with Crippen LogP contribution in [0.15, 0.2) is 24.3 Å². The zero-order valence-electron chi connectivity index (χ0n) is 22.0. The van der Waals surface area contributed by atoms with Crippen molar-refractivity contribution in [3.63, 3.8) is 0 Å². The summed E-state index contributed by atoms with van der Waals surface area (Å²) in [6.07, 6.45) is -1.13. The molecule has 0 saturated carbocycles. The van der Waals surface area contributed by atoms with Crippen LogP contribution in [0.3, 0.4) is 0 Å². The number of likely N-dealkylation sites (N-methyl/N-ethyl adjacent to an activating group) is 1. The smallest absolute Gasteiger partial charge is 0.251 e. The second-order valence-electron chi connectivity index (χ2n) is 10.1. The number of nitrogens with one attached hydrogen (secondary N) is 1. The van der Waals surface area contributed by atoms with Gasteiger partial charge in [0.15, 0.2) is 5.82 Å². The van der Waals surface area contributed by atoms with Crippen LogP contribution < -0.4 is 15.0 Å². The van der Waals surface area contributed by atoms with Gasteiger partial charge in [0.2, 0.25) is 0 Å². The van der Waals surface area contributed by atoms with Crippen molar-refractivity contribution in [2.24, 2.45) is 5.92 Å². The minimum Gasteiger partial charge on any atom is -0.491 e. The van der Waals surface area contributed by atoms with Crippen molar-refractivity contribution in [3.8, 4) is 17.1 Å². The summed E-state index contributed by atoms with van der Waals surface area (Å²) in [5, 5.41) is 12.9. The molecule has 2 N–H and O–H groups in total. The molecule has 4 rings (SSSR count). The Morgan fingerprint density at radius 2 is 2.11 bits per heavy atom. The molecule has 1 unspecified atom stereocenters. The Labute approximate surface area is 218 Å². The van der Waals surface area contributed by atoms with Crippen LogP contribution in [0.4, 0.5) is 14.6 Å². The average Bonchev–Trinajstić information content (AvgIpc) is 3.38. The Kier molecular flexibility index (Phi) is 9.64. The van der Waals surface area contributed by atoms with Gasteiger partial charge in [0.25, 0.3) is 6.43 Å². The Hall–Kier alpha value is -2.40. The van der Waals surface area contributed by atoms with Crippen LogP contribution in [0.25, 0.3) is 11.4 Å². The molecule has 2 saturated heterocycles. The fourth-order valence-electron chi connectivity index (χ4n) is 5.05. The molecule has 0 radical (unpaired) electrons. The Bertz CT molecular complexity index is 1020. The molecule has 2 aliphatic rings. The van der Waals surface area contributed by atoms with Crippen LogP contribution >= 0.6 is 0 Å². The fourth-order valence-corrected chi connectivity index (χ4v) is 5.05. The number of benzene rings is 1. The van der Waals surface area contributed by atoms with E-state index in [4.69, 9.17) is 19.4 Å². The van der Waals surface area contributed by atoms with Crippen LogP contribution in [0.2, 0.25) is 0 Å². The number of anilines is 1. The van der Waals surface area contributed by atoms with Crippen molar-refractivity contribution in [2.45, 2.75) is 45.3 Å². The molecule has 2 fully saturated rings. The van der Waals surface area contributed by atoms with Gasteiger partial charge in [-0.3, -0.25) is 4.90 Å². The van der Waals surface area contributed by atoms with E-state index in [-0.39, 0.29) is 19.2 Å². The van der Waals surface area contributed by atoms with Crippen molar-refractivity contribution < 1.29 is 23.4 Å². The largest absolute Gasteiger partial charge is 0.491 e. The number of rotatable bonds is 11. The molecular weight excluding hydrogens is 480 g/mol. The summed E-state index contributed by atoms with van der Waals surface area (Å²) in [6, 6.07) is 7.59. The molecule has 10 heteroatoms. The topological polar surface area (TPSA) is 83.0 Å². The first-order valence-corrected chi connectivity index (χ1v) is 13.1. The molecule has 2 aliphatic heterocycles. The van der Waals surface area contributed by atoms with E-state index in [0.717, 1.165) is 48.7 Å². The minimum atomic E-state index is -2.34. The summed E-state index contributed by atoms with van der Waals surface area (Å²) in [5.41, 5.74) is 2.86. The van der Waals surface area contributed by atoms with E-state index in [9.17, 15) is 13.9 Å². The van der Waals surface area contributed by atoms with E-state index in [1.54, 1.807) is 7.05 Å². The van der Waals surface area contributed by atoms with Gasteiger partial charge in [-0.2, -0.15) is 0 Å². The fraction of sp³-hybridized carbons (Fsp3) is 0.630. The molecular formula is C27H39F2N5O3. The van der Waals surface area contributed by atoms with E-state index in [1.165, 1.54) is 0 Å². The lowest BCUT2D eigenvalue weighted by atomic mass is 9.99. The zero-order chi connectivity index (χ0) is 26.4. The third kappa shape index (κ3) is 7.34. The first-order chi connectivity index (χ1) is 17.8. The standard InChI is InChI=1S/C27H39F2N5O3/c1-18-14-34(9-8-33(18)15-25(28)29)27-19(2)24(11-20-7-10-36-16-20)31-26(32-27)21-5-4-6-23(12-21)37-17-22(35)13-30-3/h4-6,12,18,20,22,25,30,35H,7-11,13-17H2,1-3H3/t18-,20+,22?/m1/s1. The lowest BCUT2D eigenvalue weighted by molar-refractivity contribution is 0.0643. The highest BCUT2D eigenvalue weighted by atomic mass is 19.3. The molecule has 0 amide bonds. The lowest BCUT2D eigenvalue weighted by Gasteiger charge is -2.41. The summed E-state index contributed by atoms with van der Waals surface area (Å²) >= 11 is 0. The summed E-state index contributed by atoms with van der Waals surface area (Å²) in [4.78, 5) is 14.0. The summed E-state index contributed by atoms with van der Waals surface area (Å²) in [7, 11) is 1.78. The van der Waals surface area contributed by atoms with Crippen LogP contribution in [-0.4, -0.2) is 98.1 Å². The van der Waals surface area contributed by atoms with Crippen molar-refractivity contribution in [1.29, 1.82) is 0 Å². The van der Waals surface area contributed by atoms with Crippen LogP contribution in [0, 0.1) is 12.8 Å². The normalized spacial score (nSPS) is 21.5. The minimum absolute atomic E-state index is 0.00647. The van der Waals surface area contributed by atoms with Crippen LogP contribution in [-0.2, 0) is 11.2 Å². The van der Waals surface area contributed by atoms with E-state index >= 15 is 0 Å². The number of aliphatic hydroxyl groups is 1. The monoisotopic (exact) mass is 519 g/mol. The van der Waals surface area contributed by atoms with Crippen molar-refractivity contribution in [2.75, 3.05) is 64.5 Å². The van der Waals surface area contributed by atoms with E-state index < -0.39 is 12.5 Å². The molecule has 0 bridgehead atoms. The molecule has 0 spiro atoms. The van der Waals surface area contributed by atoms with E-state index in [0.29, 0.717) is 43.7 Å². The van der Waals surface area contributed by atoms with Crippen LogP contribution in [0.1, 0.15) is 24.6 Å². The van der Waals surface area contributed by atoms with Gasteiger partial charge in [0, 0.05) is 62.3 Å². The molecule has 204 valence electrons. The van der Waals surface area contributed by atoms with Gasteiger partial charge in [-0.05, 0) is 51.8 Å². The van der Waals surface area contributed by atoms with Gasteiger partial charge >= 0.3 is 0 Å². The van der Waals surface area contributed by atoms with Crippen molar-refractivity contribution in [1.82, 2.24) is 20.2 Å². The SMILES string of the molecule is CNCC(O)COc1cccc(-c2nc(C[C@@H]3CCOC3)c(C)c(N3CCN(CC(F)F)[C@H](C)C3)n2)c1. The number of halogens is 2. The lowest BCUT2D eigenvalue weighted by Crippen LogP contribution is -2.53. The molecule has 8 nitrogen and oxygen atoms in total. The Morgan fingerprint density at radius 3 is 2.81 bits per heavy atom. The summed E-state index contributed by atoms with van der Waals surface area (Å²) in [6.45, 7) is 7.80. The molecule has 3 heterocycles. The summed E-state index contributed by atoms with van der Waals surface area (Å²) in [5.74, 6) is 2.52. The third-order valence-electron chi connectivity index (χ3n) is 7.14. The zero-order valence-corrected chi connectivity index (χ0v) is 22.0. The number of aliphatic hydroxyl groups excluding tert-OH is 1.